The number of fused-ring (bicyclic) bond motifs is 1. The molecular formula is C25H25F3N4O5S2. The van der Waals surface area contributed by atoms with E-state index in [0.717, 1.165) is 36.5 Å². The minimum Gasteiger partial charge on any atom is -0.352 e. The number of sulfone groups is 1. The van der Waals surface area contributed by atoms with E-state index < -0.39 is 45.2 Å². The molecule has 3 amide bonds. The third-order valence-corrected chi connectivity index (χ3v) is 8.46. The molecule has 208 valence electrons. The SMILES string of the molecule is CN(C)C(=O)c1cccc(-c2cc3sc(C(C(=O)NCC(=O)NC4CC4)S(C)(=O)=O)nc3cc2C(F)(F)F)c1. The normalized spacial score (nSPS) is 14.6. The molecule has 0 saturated heterocycles. The van der Waals surface area contributed by atoms with Crippen molar-refractivity contribution < 1.29 is 36.0 Å². The lowest BCUT2D eigenvalue weighted by Gasteiger charge is -2.15. The van der Waals surface area contributed by atoms with Crippen LogP contribution in [0.2, 0.25) is 0 Å². The Hall–Kier alpha value is -3.52. The number of carbonyl (C=O) groups is 3. The Kier molecular flexibility index (Phi) is 7.72. The molecule has 1 aliphatic rings. The van der Waals surface area contributed by atoms with Crippen molar-refractivity contribution >= 4 is 49.1 Å². The average Bonchev–Trinajstić information content (AvgIpc) is 3.56. The van der Waals surface area contributed by atoms with Gasteiger partial charge in [-0.1, -0.05) is 12.1 Å². The lowest BCUT2D eigenvalue weighted by molar-refractivity contribution is -0.137. The molecule has 0 bridgehead atoms. The van der Waals surface area contributed by atoms with Crippen LogP contribution in [0.5, 0.6) is 0 Å². The van der Waals surface area contributed by atoms with Gasteiger partial charge in [-0.2, -0.15) is 13.2 Å². The molecule has 0 spiro atoms. The molecule has 2 aromatic carbocycles. The molecule has 1 unspecified atom stereocenters. The van der Waals surface area contributed by atoms with E-state index in [1.54, 1.807) is 0 Å². The number of thiazole rings is 1. The summed E-state index contributed by atoms with van der Waals surface area (Å²) in [4.78, 5) is 42.5. The number of rotatable bonds is 8. The first-order chi connectivity index (χ1) is 18.1. The Morgan fingerprint density at radius 1 is 1.15 bits per heavy atom. The summed E-state index contributed by atoms with van der Waals surface area (Å²) in [5.74, 6) is -1.87. The van der Waals surface area contributed by atoms with Gasteiger partial charge in [0.05, 0.1) is 22.3 Å². The van der Waals surface area contributed by atoms with E-state index in [0.29, 0.717) is 0 Å². The molecule has 3 aromatic rings. The van der Waals surface area contributed by atoms with Crippen LogP contribution in [-0.2, 0) is 25.6 Å². The van der Waals surface area contributed by atoms with Crippen LogP contribution in [0.3, 0.4) is 0 Å². The van der Waals surface area contributed by atoms with Gasteiger partial charge >= 0.3 is 6.18 Å². The zero-order valence-electron chi connectivity index (χ0n) is 21.1. The number of halogens is 3. The van der Waals surface area contributed by atoms with Gasteiger partial charge in [0.1, 0.15) is 5.01 Å². The number of amides is 3. The highest BCUT2D eigenvalue weighted by Gasteiger charge is 2.37. The first kappa shape index (κ1) is 28.5. The van der Waals surface area contributed by atoms with Crippen LogP contribution >= 0.6 is 11.3 Å². The predicted molar refractivity (Wildman–Crippen MR) is 140 cm³/mol. The van der Waals surface area contributed by atoms with Gasteiger partial charge in [0.2, 0.25) is 11.8 Å². The minimum absolute atomic E-state index is 0.0445. The monoisotopic (exact) mass is 582 g/mol. The first-order valence-electron chi connectivity index (χ1n) is 11.7. The van der Waals surface area contributed by atoms with Crippen LogP contribution in [0.4, 0.5) is 13.2 Å². The fourth-order valence-corrected chi connectivity index (χ4v) is 6.44. The Balaban J connectivity index is 1.75. The van der Waals surface area contributed by atoms with E-state index in [1.165, 1.54) is 49.3 Å². The van der Waals surface area contributed by atoms with Gasteiger partial charge in [0.25, 0.3) is 5.91 Å². The second-order valence-electron chi connectivity index (χ2n) is 9.46. The summed E-state index contributed by atoms with van der Waals surface area (Å²) in [5, 5.41) is 2.90. The maximum atomic E-state index is 14.1. The summed E-state index contributed by atoms with van der Waals surface area (Å²) >= 11 is 0.765. The van der Waals surface area contributed by atoms with Crippen molar-refractivity contribution in [3.8, 4) is 11.1 Å². The van der Waals surface area contributed by atoms with Crippen LogP contribution in [-0.4, -0.2) is 69.0 Å². The first-order valence-corrected chi connectivity index (χ1v) is 14.5. The Morgan fingerprint density at radius 3 is 2.44 bits per heavy atom. The smallest absolute Gasteiger partial charge is 0.352 e. The molecule has 1 aromatic heterocycles. The van der Waals surface area contributed by atoms with E-state index in [4.69, 9.17) is 0 Å². The van der Waals surface area contributed by atoms with Crippen molar-refractivity contribution in [1.82, 2.24) is 20.5 Å². The molecular weight excluding hydrogens is 557 g/mol. The average molecular weight is 583 g/mol. The van der Waals surface area contributed by atoms with E-state index in [2.05, 4.69) is 15.6 Å². The van der Waals surface area contributed by atoms with Crippen molar-refractivity contribution in [2.24, 2.45) is 0 Å². The van der Waals surface area contributed by atoms with E-state index in [-0.39, 0.29) is 43.9 Å². The van der Waals surface area contributed by atoms with Gasteiger partial charge in [-0.15, -0.1) is 11.3 Å². The van der Waals surface area contributed by atoms with E-state index in [9.17, 15) is 36.0 Å². The second-order valence-corrected chi connectivity index (χ2v) is 12.7. The van der Waals surface area contributed by atoms with E-state index in [1.807, 2.05) is 0 Å². The maximum absolute atomic E-state index is 14.1. The molecule has 0 radical (unpaired) electrons. The molecule has 1 atom stereocenters. The molecule has 1 heterocycles. The van der Waals surface area contributed by atoms with Crippen LogP contribution in [0, 0.1) is 0 Å². The lowest BCUT2D eigenvalue weighted by Crippen LogP contribution is -2.41. The highest BCUT2D eigenvalue weighted by Crippen LogP contribution is 2.42. The third-order valence-electron chi connectivity index (χ3n) is 5.93. The number of benzene rings is 2. The van der Waals surface area contributed by atoms with Gasteiger partial charge in [0, 0.05) is 32.0 Å². The van der Waals surface area contributed by atoms with Gasteiger partial charge < -0.3 is 15.5 Å². The quantitative estimate of drug-likeness (QED) is 0.421. The number of alkyl halides is 3. The van der Waals surface area contributed by atoms with Crippen molar-refractivity contribution in [3.63, 3.8) is 0 Å². The number of nitrogens with one attached hydrogen (secondary N) is 2. The molecule has 39 heavy (non-hydrogen) atoms. The summed E-state index contributed by atoms with van der Waals surface area (Å²) in [7, 11) is -1.06. The fourth-order valence-electron chi connectivity index (χ4n) is 3.91. The van der Waals surface area contributed by atoms with Crippen molar-refractivity contribution in [2.45, 2.75) is 30.3 Å². The maximum Gasteiger partial charge on any atom is 0.417 e. The summed E-state index contributed by atoms with van der Waals surface area (Å²) < 4.78 is 67.6. The molecule has 0 aliphatic heterocycles. The highest BCUT2D eigenvalue weighted by atomic mass is 32.2. The standard InChI is InChI=1S/C25H25F3N4O5S2/c1-32(2)24(35)14-6-4-5-13(9-14)16-10-19-18(11-17(16)25(26,27)28)31-23(38-19)21(39(3,36)37)22(34)29-12-20(33)30-15-7-8-15/h4-6,9-11,15,21H,7-8,12H2,1-3H3,(H,29,34)(H,30,33). The number of hydrogen-bond acceptors (Lipinski definition) is 7. The van der Waals surface area contributed by atoms with Crippen LogP contribution < -0.4 is 10.6 Å². The Morgan fingerprint density at radius 2 is 1.85 bits per heavy atom. The van der Waals surface area contributed by atoms with Crippen LogP contribution in [0.15, 0.2) is 36.4 Å². The molecule has 14 heteroatoms. The zero-order valence-corrected chi connectivity index (χ0v) is 22.8. The molecule has 1 saturated carbocycles. The fraction of sp³-hybridized carbons (Fsp3) is 0.360. The number of aromatic nitrogens is 1. The van der Waals surface area contributed by atoms with Gasteiger partial charge in [0.15, 0.2) is 15.1 Å². The lowest BCUT2D eigenvalue weighted by atomic mass is 9.97. The van der Waals surface area contributed by atoms with Gasteiger partial charge in [-0.25, -0.2) is 13.4 Å². The third kappa shape index (κ3) is 6.56. The Labute approximate surface area is 226 Å². The summed E-state index contributed by atoms with van der Waals surface area (Å²) in [6.45, 7) is -0.448. The number of carbonyl (C=O) groups excluding carboxylic acids is 3. The number of nitrogens with zero attached hydrogens (tertiary/aromatic N) is 2. The number of hydrogen-bond donors (Lipinski definition) is 2. The molecule has 4 rings (SSSR count). The zero-order chi connectivity index (χ0) is 28.7. The topological polar surface area (TPSA) is 126 Å². The molecule has 9 nitrogen and oxygen atoms in total. The largest absolute Gasteiger partial charge is 0.417 e. The molecule has 1 aliphatic carbocycles. The van der Waals surface area contributed by atoms with E-state index >= 15 is 0 Å². The van der Waals surface area contributed by atoms with Crippen molar-refractivity contribution in [2.75, 3.05) is 26.9 Å². The summed E-state index contributed by atoms with van der Waals surface area (Å²) in [6, 6.07) is 7.80. The van der Waals surface area contributed by atoms with Gasteiger partial charge in [-0.3, -0.25) is 14.4 Å². The molecule has 2 N–H and O–H groups in total. The summed E-state index contributed by atoms with van der Waals surface area (Å²) in [6.07, 6.45) is -2.32. The Bertz CT molecular complexity index is 1560. The van der Waals surface area contributed by atoms with Crippen LogP contribution in [0.1, 0.15) is 39.0 Å². The summed E-state index contributed by atoms with van der Waals surface area (Å²) in [5.41, 5.74) is -1.07. The highest BCUT2D eigenvalue weighted by molar-refractivity contribution is 7.91. The van der Waals surface area contributed by atoms with Crippen LogP contribution in [0.25, 0.3) is 21.3 Å². The minimum atomic E-state index is -4.79. The van der Waals surface area contributed by atoms with Crippen molar-refractivity contribution in [3.05, 3.63) is 52.5 Å². The second kappa shape index (κ2) is 10.6. The molecule has 1 fully saturated rings. The predicted octanol–water partition coefficient (Wildman–Crippen LogP) is 3.16. The van der Waals surface area contributed by atoms with Crippen molar-refractivity contribution in [1.29, 1.82) is 0 Å². The van der Waals surface area contributed by atoms with Gasteiger partial charge in [-0.05, 0) is 48.2 Å².